The molecule has 0 unspecified atom stereocenters. The number of hydrogen-bond acceptors (Lipinski definition) is 3. The summed E-state index contributed by atoms with van der Waals surface area (Å²) in [7, 11) is 0. The minimum absolute atomic E-state index is 0.301. The maximum Gasteiger partial charge on any atom is 0.338 e. The highest BCUT2D eigenvalue weighted by atomic mass is 35.5. The molecule has 0 saturated heterocycles. The van der Waals surface area contributed by atoms with E-state index in [9.17, 15) is 4.79 Å². The summed E-state index contributed by atoms with van der Waals surface area (Å²) in [5.74, 6) is -0.345. The van der Waals surface area contributed by atoms with E-state index in [1.54, 1.807) is 6.07 Å². The molecule has 1 aromatic heterocycles. The number of halogens is 1. The molecule has 0 atom stereocenters. The van der Waals surface area contributed by atoms with E-state index in [0.29, 0.717) is 17.3 Å². The fourth-order valence-corrected chi connectivity index (χ4v) is 1.10. The van der Waals surface area contributed by atoms with Crippen LogP contribution >= 0.6 is 11.6 Å². The normalized spacial score (nSPS) is 9.86. The van der Waals surface area contributed by atoms with Crippen molar-refractivity contribution < 1.29 is 9.53 Å². The Balaban J connectivity index is 2.52. The molecular weight excluding hydrogens is 202 g/mol. The third-order valence-electron chi connectivity index (χ3n) is 1.69. The third-order valence-corrected chi connectivity index (χ3v) is 1.90. The van der Waals surface area contributed by atoms with Crippen LogP contribution in [0.2, 0.25) is 5.15 Å². The lowest BCUT2D eigenvalue weighted by molar-refractivity contribution is 0.0499. The van der Waals surface area contributed by atoms with Crippen LogP contribution in [0.4, 0.5) is 0 Å². The van der Waals surface area contributed by atoms with E-state index < -0.39 is 0 Å². The topological polar surface area (TPSA) is 39.2 Å². The first-order chi connectivity index (χ1) is 6.74. The predicted molar refractivity (Wildman–Crippen MR) is 54.4 cm³/mol. The molecule has 0 bridgehead atoms. The van der Waals surface area contributed by atoms with Gasteiger partial charge in [0.25, 0.3) is 0 Å². The lowest BCUT2D eigenvalue weighted by Gasteiger charge is -2.03. The number of nitrogens with zero attached hydrogens (tertiary/aromatic N) is 1. The number of pyridine rings is 1. The molecule has 0 aliphatic rings. The molecule has 0 radical (unpaired) electrons. The molecule has 0 saturated carbocycles. The van der Waals surface area contributed by atoms with Gasteiger partial charge in [-0.15, -0.1) is 0 Å². The Morgan fingerprint density at radius 1 is 1.64 bits per heavy atom. The third kappa shape index (κ3) is 3.34. The fourth-order valence-electron chi connectivity index (χ4n) is 0.922. The van der Waals surface area contributed by atoms with Crippen LogP contribution in [-0.4, -0.2) is 17.6 Å². The van der Waals surface area contributed by atoms with Gasteiger partial charge in [0, 0.05) is 6.20 Å². The lowest BCUT2D eigenvalue weighted by Crippen LogP contribution is -2.06. The monoisotopic (exact) mass is 213 g/mol. The van der Waals surface area contributed by atoms with Gasteiger partial charge in [0.1, 0.15) is 5.15 Å². The first kappa shape index (κ1) is 11.0. The minimum atomic E-state index is -0.345. The molecule has 1 rings (SSSR count). The molecular formula is C10H12ClNO2. The first-order valence-corrected chi connectivity index (χ1v) is 4.90. The van der Waals surface area contributed by atoms with Crippen LogP contribution in [0.5, 0.6) is 0 Å². The number of aromatic nitrogens is 1. The summed E-state index contributed by atoms with van der Waals surface area (Å²) in [5.41, 5.74) is 0.445. The van der Waals surface area contributed by atoms with Gasteiger partial charge in [-0.2, -0.15) is 0 Å². The molecule has 0 aliphatic heterocycles. The second-order valence-electron chi connectivity index (χ2n) is 2.86. The maximum absolute atomic E-state index is 11.4. The highest BCUT2D eigenvalue weighted by molar-refractivity contribution is 6.29. The van der Waals surface area contributed by atoms with Gasteiger partial charge < -0.3 is 4.74 Å². The van der Waals surface area contributed by atoms with Gasteiger partial charge in [-0.05, 0) is 18.6 Å². The average Bonchev–Trinajstić information content (AvgIpc) is 2.18. The van der Waals surface area contributed by atoms with Crippen LogP contribution in [-0.2, 0) is 4.74 Å². The summed E-state index contributed by atoms with van der Waals surface area (Å²) < 4.78 is 5.00. The Bertz CT molecular complexity index is 315. The van der Waals surface area contributed by atoms with Crippen molar-refractivity contribution in [3.8, 4) is 0 Å². The summed E-state index contributed by atoms with van der Waals surface area (Å²) in [5, 5.41) is 0.301. The smallest absolute Gasteiger partial charge is 0.338 e. The molecule has 0 spiro atoms. The number of ether oxygens (including phenoxy) is 1. The Morgan fingerprint density at radius 2 is 2.43 bits per heavy atom. The highest BCUT2D eigenvalue weighted by Crippen LogP contribution is 2.08. The summed E-state index contributed by atoms with van der Waals surface area (Å²) >= 11 is 5.63. The Hall–Kier alpha value is -1.09. The van der Waals surface area contributed by atoms with E-state index in [0.717, 1.165) is 12.8 Å². The predicted octanol–water partition coefficient (Wildman–Crippen LogP) is 2.69. The van der Waals surface area contributed by atoms with Crippen LogP contribution in [0.1, 0.15) is 30.1 Å². The number of rotatable bonds is 4. The number of carbonyl (C=O) groups is 1. The second-order valence-corrected chi connectivity index (χ2v) is 3.24. The molecule has 0 N–H and O–H groups in total. The maximum atomic E-state index is 11.4. The van der Waals surface area contributed by atoms with Gasteiger partial charge in [0.2, 0.25) is 0 Å². The zero-order chi connectivity index (χ0) is 10.4. The van der Waals surface area contributed by atoms with E-state index in [-0.39, 0.29) is 5.97 Å². The lowest BCUT2D eigenvalue weighted by atomic mass is 10.3. The van der Waals surface area contributed by atoms with Crippen molar-refractivity contribution in [1.82, 2.24) is 4.98 Å². The van der Waals surface area contributed by atoms with Crippen LogP contribution in [0.3, 0.4) is 0 Å². The van der Waals surface area contributed by atoms with Crippen molar-refractivity contribution in [1.29, 1.82) is 0 Å². The van der Waals surface area contributed by atoms with Crippen LogP contribution < -0.4 is 0 Å². The summed E-state index contributed by atoms with van der Waals surface area (Å²) in [6, 6.07) is 3.08. The molecule has 0 fully saturated rings. The molecule has 76 valence electrons. The minimum Gasteiger partial charge on any atom is -0.462 e. The van der Waals surface area contributed by atoms with Crippen LogP contribution in [0, 0.1) is 0 Å². The highest BCUT2D eigenvalue weighted by Gasteiger charge is 2.06. The SMILES string of the molecule is CCCCOC(=O)c1ccnc(Cl)c1. The zero-order valence-corrected chi connectivity index (χ0v) is 8.75. The van der Waals surface area contributed by atoms with Crippen molar-refractivity contribution >= 4 is 17.6 Å². The van der Waals surface area contributed by atoms with E-state index in [4.69, 9.17) is 16.3 Å². The molecule has 1 aromatic rings. The van der Waals surface area contributed by atoms with Crippen LogP contribution in [0.15, 0.2) is 18.3 Å². The van der Waals surface area contributed by atoms with E-state index >= 15 is 0 Å². The molecule has 0 aliphatic carbocycles. The van der Waals surface area contributed by atoms with Gasteiger partial charge in [-0.1, -0.05) is 24.9 Å². The average molecular weight is 214 g/mol. The van der Waals surface area contributed by atoms with Gasteiger partial charge in [0.15, 0.2) is 0 Å². The standard InChI is InChI=1S/C10H12ClNO2/c1-2-3-6-14-10(13)8-4-5-12-9(11)7-8/h4-5,7H,2-3,6H2,1H3. The molecule has 1 heterocycles. The van der Waals surface area contributed by atoms with E-state index in [2.05, 4.69) is 4.98 Å². The summed E-state index contributed by atoms with van der Waals surface area (Å²) in [4.78, 5) is 15.1. The van der Waals surface area contributed by atoms with Crippen molar-refractivity contribution in [2.45, 2.75) is 19.8 Å². The van der Waals surface area contributed by atoms with E-state index in [1.165, 1.54) is 12.3 Å². The Morgan fingerprint density at radius 3 is 3.07 bits per heavy atom. The van der Waals surface area contributed by atoms with Gasteiger partial charge in [0.05, 0.1) is 12.2 Å². The first-order valence-electron chi connectivity index (χ1n) is 4.52. The number of esters is 1. The zero-order valence-electron chi connectivity index (χ0n) is 8.00. The molecule has 14 heavy (non-hydrogen) atoms. The van der Waals surface area contributed by atoms with Crippen molar-refractivity contribution in [3.63, 3.8) is 0 Å². The Kier molecular flexibility index (Phi) is 4.40. The molecule has 0 aromatic carbocycles. The second kappa shape index (κ2) is 5.60. The van der Waals surface area contributed by atoms with Gasteiger partial charge >= 0.3 is 5.97 Å². The summed E-state index contributed by atoms with van der Waals surface area (Å²) in [6.45, 7) is 2.49. The number of hydrogen-bond donors (Lipinski definition) is 0. The van der Waals surface area contributed by atoms with Crippen molar-refractivity contribution in [2.24, 2.45) is 0 Å². The number of carbonyl (C=O) groups excluding carboxylic acids is 1. The summed E-state index contributed by atoms with van der Waals surface area (Å²) in [6.07, 6.45) is 3.37. The molecule has 3 nitrogen and oxygen atoms in total. The Labute approximate surface area is 88.1 Å². The van der Waals surface area contributed by atoms with Crippen molar-refractivity contribution in [3.05, 3.63) is 29.0 Å². The molecule has 0 amide bonds. The van der Waals surface area contributed by atoms with Gasteiger partial charge in [-0.3, -0.25) is 0 Å². The van der Waals surface area contributed by atoms with E-state index in [1.807, 2.05) is 6.92 Å². The quantitative estimate of drug-likeness (QED) is 0.439. The fraction of sp³-hybridized carbons (Fsp3) is 0.400. The molecule has 4 heteroatoms. The number of unbranched alkanes of at least 4 members (excludes halogenated alkanes) is 1. The van der Waals surface area contributed by atoms with Crippen LogP contribution in [0.25, 0.3) is 0 Å². The van der Waals surface area contributed by atoms with Crippen molar-refractivity contribution in [2.75, 3.05) is 6.61 Å². The van der Waals surface area contributed by atoms with Gasteiger partial charge in [-0.25, -0.2) is 9.78 Å². The largest absolute Gasteiger partial charge is 0.462 e.